The average molecular weight is 509 g/mol. The maximum atomic E-state index is 7.03. The lowest BCUT2D eigenvalue weighted by atomic mass is 10.1. The van der Waals surface area contributed by atoms with Gasteiger partial charge in [-0.3, -0.25) is 0 Å². The predicted molar refractivity (Wildman–Crippen MR) is 158 cm³/mol. The molecule has 0 radical (unpaired) electrons. The van der Waals surface area contributed by atoms with Crippen LogP contribution >= 0.6 is 0 Å². The van der Waals surface area contributed by atoms with Crippen molar-refractivity contribution in [3.63, 3.8) is 0 Å². The molecule has 0 saturated carbocycles. The molecule has 0 spiro atoms. The SMILES string of the molecule is CCCCC[C@H](O[Si](C)(C)C(C)(C)C)[C@@H](/C=C\C=CC#C[Si](C)(C)C)O[Si](C)(C)C(C)(C)C. The summed E-state index contributed by atoms with van der Waals surface area (Å²) in [6, 6.07) is 0. The van der Waals surface area contributed by atoms with Crippen LogP contribution in [0.5, 0.6) is 0 Å². The van der Waals surface area contributed by atoms with E-state index in [1.807, 2.05) is 6.08 Å². The summed E-state index contributed by atoms with van der Waals surface area (Å²) >= 11 is 0. The molecule has 2 atom stereocenters. The predicted octanol–water partition coefficient (Wildman–Crippen LogP) is 9.34. The first-order valence-corrected chi connectivity index (χ1v) is 22.3. The molecule has 0 heterocycles. The number of hydrogen-bond donors (Lipinski definition) is 0. The zero-order valence-corrected chi connectivity index (χ0v) is 27.6. The van der Waals surface area contributed by atoms with Crippen molar-refractivity contribution in [2.24, 2.45) is 0 Å². The highest BCUT2D eigenvalue weighted by Crippen LogP contribution is 2.41. The number of allylic oxidation sites excluding steroid dienone is 3. The molecule has 0 rings (SSSR count). The van der Waals surface area contributed by atoms with E-state index in [2.05, 4.69) is 124 Å². The van der Waals surface area contributed by atoms with Crippen molar-refractivity contribution >= 4 is 24.7 Å². The lowest BCUT2D eigenvalue weighted by molar-refractivity contribution is 0.0559. The maximum Gasteiger partial charge on any atom is 0.193 e. The van der Waals surface area contributed by atoms with Crippen molar-refractivity contribution in [2.45, 2.75) is 142 Å². The second-order valence-electron chi connectivity index (χ2n) is 13.5. The van der Waals surface area contributed by atoms with Gasteiger partial charge in [0, 0.05) is 0 Å². The van der Waals surface area contributed by atoms with Crippen LogP contribution in [0.4, 0.5) is 0 Å². The Bertz CT molecular complexity index is 690. The lowest BCUT2D eigenvalue weighted by Crippen LogP contribution is -2.51. The van der Waals surface area contributed by atoms with E-state index in [4.69, 9.17) is 8.85 Å². The number of unbranched alkanes of at least 4 members (excludes halogenated alkanes) is 2. The Kier molecular flexibility index (Phi) is 12.9. The van der Waals surface area contributed by atoms with Gasteiger partial charge in [-0.25, -0.2) is 0 Å². The summed E-state index contributed by atoms with van der Waals surface area (Å²) < 4.78 is 14.0. The van der Waals surface area contributed by atoms with Gasteiger partial charge in [0.15, 0.2) is 16.6 Å². The van der Waals surface area contributed by atoms with Crippen LogP contribution in [0.15, 0.2) is 24.3 Å². The minimum Gasteiger partial charge on any atom is -0.411 e. The fraction of sp³-hybridized carbons (Fsp3) is 0.786. The molecule has 0 aliphatic heterocycles. The normalized spacial score (nSPS) is 16.2. The van der Waals surface area contributed by atoms with E-state index in [0.717, 1.165) is 6.42 Å². The second kappa shape index (κ2) is 13.1. The molecule has 0 N–H and O–H groups in total. The van der Waals surface area contributed by atoms with Gasteiger partial charge in [0.1, 0.15) is 8.07 Å². The first kappa shape index (κ1) is 32.6. The summed E-state index contributed by atoms with van der Waals surface area (Å²) in [7, 11) is -5.23. The molecule has 0 fully saturated rings. The van der Waals surface area contributed by atoms with Gasteiger partial charge in [-0.15, -0.1) is 5.54 Å². The second-order valence-corrected chi connectivity index (χ2v) is 27.8. The zero-order chi connectivity index (χ0) is 26.1. The van der Waals surface area contributed by atoms with Crippen LogP contribution in [-0.2, 0) is 8.85 Å². The summed E-state index contributed by atoms with van der Waals surface area (Å²) in [6.45, 7) is 32.4. The van der Waals surface area contributed by atoms with Gasteiger partial charge in [0.2, 0.25) is 0 Å². The molecule has 0 unspecified atom stereocenters. The van der Waals surface area contributed by atoms with Crippen LogP contribution in [-0.4, -0.2) is 36.9 Å². The van der Waals surface area contributed by atoms with E-state index in [1.165, 1.54) is 19.3 Å². The van der Waals surface area contributed by atoms with Crippen molar-refractivity contribution in [3.05, 3.63) is 24.3 Å². The van der Waals surface area contributed by atoms with Crippen LogP contribution in [0.2, 0.25) is 55.9 Å². The van der Waals surface area contributed by atoms with Crippen molar-refractivity contribution in [3.8, 4) is 11.5 Å². The van der Waals surface area contributed by atoms with Crippen LogP contribution in [0.25, 0.3) is 0 Å². The minimum absolute atomic E-state index is 0.0357. The van der Waals surface area contributed by atoms with Crippen molar-refractivity contribution < 1.29 is 8.85 Å². The molecule has 0 aliphatic rings. The monoisotopic (exact) mass is 508 g/mol. The molecule has 192 valence electrons. The van der Waals surface area contributed by atoms with Crippen molar-refractivity contribution in [1.82, 2.24) is 0 Å². The topological polar surface area (TPSA) is 18.5 Å². The molecule has 2 nitrogen and oxygen atoms in total. The highest BCUT2D eigenvalue weighted by atomic mass is 28.4. The summed E-state index contributed by atoms with van der Waals surface area (Å²) in [5.74, 6) is 3.22. The van der Waals surface area contributed by atoms with Gasteiger partial charge in [-0.05, 0) is 48.8 Å². The largest absolute Gasteiger partial charge is 0.411 e. The smallest absolute Gasteiger partial charge is 0.193 e. The fourth-order valence-corrected chi connectivity index (χ4v) is 5.88. The van der Waals surface area contributed by atoms with Gasteiger partial charge in [-0.1, -0.05) is 112 Å². The first-order chi connectivity index (χ1) is 14.7. The Hall–Kier alpha value is -0.389. The molecule has 0 aromatic rings. The molecule has 33 heavy (non-hydrogen) atoms. The van der Waals surface area contributed by atoms with Crippen LogP contribution in [0.1, 0.15) is 74.1 Å². The standard InChI is InChI=1S/C28H56O2Si3/c1-15-16-19-22-25(29-32(11,12)27(2,3)4)26(30-33(13,14)28(5,6)7)23-20-17-18-21-24-31(8,9)10/h17-18,20,23,25-26H,15-16,19,22H2,1-14H3/b18-17?,23-20-/t25-,26+/m0/s1. The Balaban J connectivity index is 6.05. The quantitative estimate of drug-likeness (QED) is 0.120. The van der Waals surface area contributed by atoms with E-state index in [-0.39, 0.29) is 22.3 Å². The van der Waals surface area contributed by atoms with Crippen LogP contribution in [0, 0.1) is 11.5 Å². The van der Waals surface area contributed by atoms with Crippen LogP contribution in [0.3, 0.4) is 0 Å². The van der Waals surface area contributed by atoms with E-state index < -0.39 is 24.7 Å². The van der Waals surface area contributed by atoms with Gasteiger partial charge >= 0.3 is 0 Å². The molecule has 0 aliphatic carbocycles. The maximum absolute atomic E-state index is 7.03. The molecule has 0 saturated heterocycles. The van der Waals surface area contributed by atoms with Crippen LogP contribution < -0.4 is 0 Å². The average Bonchev–Trinajstić information content (AvgIpc) is 2.59. The fourth-order valence-electron chi connectivity index (χ4n) is 2.73. The summed E-state index contributed by atoms with van der Waals surface area (Å²) in [5.41, 5.74) is 3.40. The molecular formula is C28H56O2Si3. The number of rotatable bonds is 11. The lowest BCUT2D eigenvalue weighted by Gasteiger charge is -2.44. The molecule has 0 bridgehead atoms. The van der Waals surface area contributed by atoms with Gasteiger partial charge in [0.05, 0.1) is 12.2 Å². The van der Waals surface area contributed by atoms with E-state index in [9.17, 15) is 0 Å². The van der Waals surface area contributed by atoms with E-state index in [0.29, 0.717) is 0 Å². The Morgan fingerprint density at radius 1 is 0.758 bits per heavy atom. The molecule has 0 aromatic carbocycles. The van der Waals surface area contributed by atoms with Crippen molar-refractivity contribution in [1.29, 1.82) is 0 Å². The van der Waals surface area contributed by atoms with Gasteiger partial charge in [0.25, 0.3) is 0 Å². The molecular weight excluding hydrogens is 453 g/mol. The third kappa shape index (κ3) is 12.8. The third-order valence-corrected chi connectivity index (χ3v) is 16.9. The number of hydrogen-bond acceptors (Lipinski definition) is 2. The Morgan fingerprint density at radius 2 is 1.27 bits per heavy atom. The Morgan fingerprint density at radius 3 is 1.73 bits per heavy atom. The van der Waals surface area contributed by atoms with E-state index in [1.54, 1.807) is 0 Å². The first-order valence-electron chi connectivity index (χ1n) is 13.0. The summed E-state index contributed by atoms with van der Waals surface area (Å²) in [4.78, 5) is 0. The highest BCUT2D eigenvalue weighted by Gasteiger charge is 2.43. The zero-order valence-electron chi connectivity index (χ0n) is 24.6. The third-order valence-electron chi connectivity index (χ3n) is 6.99. The molecule has 0 amide bonds. The van der Waals surface area contributed by atoms with Gasteiger partial charge in [-0.2, -0.15) is 0 Å². The molecule has 0 aromatic heterocycles. The summed E-state index contributed by atoms with van der Waals surface area (Å²) in [6.07, 6.45) is 13.1. The minimum atomic E-state index is -1.96. The molecule has 5 heteroatoms. The van der Waals surface area contributed by atoms with Gasteiger partial charge < -0.3 is 8.85 Å². The Labute approximate surface area is 211 Å². The highest BCUT2D eigenvalue weighted by molar-refractivity contribution is 6.83. The summed E-state index contributed by atoms with van der Waals surface area (Å²) in [5, 5.41) is 0.330. The van der Waals surface area contributed by atoms with Crippen molar-refractivity contribution in [2.75, 3.05) is 0 Å². The van der Waals surface area contributed by atoms with E-state index >= 15 is 0 Å².